The van der Waals surface area contributed by atoms with Gasteiger partial charge in [-0.1, -0.05) is 49.0 Å². The predicted molar refractivity (Wildman–Crippen MR) is 135 cm³/mol. The lowest BCUT2D eigenvalue weighted by atomic mass is 9.53. The van der Waals surface area contributed by atoms with E-state index in [2.05, 4.69) is 26.5 Å². The summed E-state index contributed by atoms with van der Waals surface area (Å²) in [4.78, 5) is 25.7. The van der Waals surface area contributed by atoms with Crippen LogP contribution in [0.4, 0.5) is 0 Å². The van der Waals surface area contributed by atoms with E-state index >= 15 is 0 Å². The number of esters is 2. The summed E-state index contributed by atoms with van der Waals surface area (Å²) in [5.74, 6) is -0.891. The molecule has 1 spiro atoms. The van der Waals surface area contributed by atoms with E-state index in [0.29, 0.717) is 19.4 Å². The monoisotopic (exact) mass is 498 g/mol. The third-order valence-electron chi connectivity index (χ3n) is 8.44. The van der Waals surface area contributed by atoms with Gasteiger partial charge in [-0.05, 0) is 45.6 Å². The van der Waals surface area contributed by atoms with E-state index in [-0.39, 0.29) is 18.8 Å². The van der Waals surface area contributed by atoms with Gasteiger partial charge in [0.1, 0.15) is 18.8 Å². The van der Waals surface area contributed by atoms with Crippen molar-refractivity contribution in [2.45, 2.75) is 83.9 Å². The molecule has 7 nitrogen and oxygen atoms in total. The summed E-state index contributed by atoms with van der Waals surface area (Å²) in [5, 5.41) is 10.0. The highest BCUT2D eigenvalue weighted by Crippen LogP contribution is 2.65. The van der Waals surface area contributed by atoms with Crippen molar-refractivity contribution >= 4 is 11.9 Å². The second kappa shape index (κ2) is 10.5. The van der Waals surface area contributed by atoms with Crippen LogP contribution in [0.5, 0.6) is 0 Å². The molecule has 4 aliphatic rings. The Kier molecular flexibility index (Phi) is 7.74. The molecule has 2 aliphatic carbocycles. The van der Waals surface area contributed by atoms with Gasteiger partial charge < -0.3 is 24.1 Å². The molecule has 1 saturated heterocycles. The summed E-state index contributed by atoms with van der Waals surface area (Å²) in [5.41, 5.74) is 1.74. The first kappa shape index (κ1) is 26.6. The molecule has 196 valence electrons. The molecule has 7 atom stereocenters. The summed E-state index contributed by atoms with van der Waals surface area (Å²) in [6, 6.07) is 0. The number of ether oxygens (including phenoxy) is 4. The molecule has 2 heterocycles. The summed E-state index contributed by atoms with van der Waals surface area (Å²) >= 11 is 0. The SMILES string of the molecule is C=C1C2C[C@H]3OC(=O)/C=C\C=C\[C@@H]([C@@H](C)O)OCC/C(C)=C/C(=O)OC[C@@]4(CCC(C)=CC4O2)[C@]13C. The third-order valence-corrected chi connectivity index (χ3v) is 8.44. The average Bonchev–Trinajstić information content (AvgIpc) is 2.98. The van der Waals surface area contributed by atoms with Crippen molar-refractivity contribution < 1.29 is 33.6 Å². The molecule has 1 N–H and O–H groups in total. The zero-order valence-electron chi connectivity index (χ0n) is 21.7. The van der Waals surface area contributed by atoms with Crippen molar-refractivity contribution in [2.75, 3.05) is 13.2 Å². The van der Waals surface area contributed by atoms with E-state index in [1.807, 2.05) is 6.92 Å². The minimum Gasteiger partial charge on any atom is -0.462 e. The smallest absolute Gasteiger partial charge is 0.331 e. The Morgan fingerprint density at radius 3 is 2.67 bits per heavy atom. The fourth-order valence-corrected chi connectivity index (χ4v) is 6.04. The molecule has 0 amide bonds. The van der Waals surface area contributed by atoms with Gasteiger partial charge in [-0.25, -0.2) is 9.59 Å². The van der Waals surface area contributed by atoms with Crippen LogP contribution in [0.3, 0.4) is 0 Å². The molecule has 2 fully saturated rings. The summed E-state index contributed by atoms with van der Waals surface area (Å²) in [6.45, 7) is 12.5. The van der Waals surface area contributed by atoms with Crippen LogP contribution in [0.25, 0.3) is 0 Å². The van der Waals surface area contributed by atoms with Crippen LogP contribution < -0.4 is 0 Å². The summed E-state index contributed by atoms with van der Waals surface area (Å²) in [6.07, 6.45) is 10.3. The summed E-state index contributed by atoms with van der Waals surface area (Å²) < 4.78 is 24.2. The number of allylic oxidation sites excluding steroid dienone is 3. The highest BCUT2D eigenvalue weighted by atomic mass is 16.6. The standard InChI is InChI=1S/C29H38O7/c1-18-10-12-29-17-34-27(32)15-19(2)11-13-33-22(21(4)30)8-6-7-9-26(31)36-24-16-23(35-25(29)14-18)20(3)28(24,29)5/h6-9,14-15,21-25,30H,3,10-13,16-17H2,1-2,4-5H3/b8-6+,9-7-,19-15+/t21-,22+,23?,24-,25?,28-,29-/m1/s1. The number of carbonyl (C=O) groups is 2. The average molecular weight is 499 g/mol. The van der Waals surface area contributed by atoms with Gasteiger partial charge >= 0.3 is 11.9 Å². The van der Waals surface area contributed by atoms with E-state index < -0.39 is 41.1 Å². The molecular weight excluding hydrogens is 460 g/mol. The molecule has 0 aromatic rings. The van der Waals surface area contributed by atoms with Crippen molar-refractivity contribution in [1.29, 1.82) is 0 Å². The van der Waals surface area contributed by atoms with E-state index in [4.69, 9.17) is 18.9 Å². The van der Waals surface area contributed by atoms with Crippen molar-refractivity contribution in [2.24, 2.45) is 10.8 Å². The molecule has 0 radical (unpaired) electrons. The normalized spacial score (nSPS) is 41.9. The highest BCUT2D eigenvalue weighted by Gasteiger charge is 2.68. The number of cyclic esters (lactones) is 1. The van der Waals surface area contributed by atoms with Crippen LogP contribution in [0, 0.1) is 10.8 Å². The van der Waals surface area contributed by atoms with Crippen LogP contribution in [0.2, 0.25) is 0 Å². The van der Waals surface area contributed by atoms with E-state index in [9.17, 15) is 14.7 Å². The Hall–Kier alpha value is -2.48. The topological polar surface area (TPSA) is 91.3 Å². The maximum absolute atomic E-state index is 12.8. The number of aliphatic hydroxyl groups is 1. The van der Waals surface area contributed by atoms with Crippen molar-refractivity contribution in [3.8, 4) is 0 Å². The summed E-state index contributed by atoms with van der Waals surface area (Å²) in [7, 11) is 0. The minimum atomic E-state index is -0.734. The van der Waals surface area contributed by atoms with Crippen LogP contribution in [0.15, 0.2) is 59.8 Å². The fraction of sp³-hybridized carbons (Fsp3) is 0.586. The lowest BCUT2D eigenvalue weighted by Crippen LogP contribution is -2.60. The Morgan fingerprint density at radius 2 is 1.92 bits per heavy atom. The molecule has 0 aromatic heterocycles. The Bertz CT molecular complexity index is 1020. The minimum absolute atomic E-state index is 0.138. The molecule has 4 rings (SSSR count). The number of aliphatic hydroxyl groups excluding tert-OH is 1. The van der Waals surface area contributed by atoms with Gasteiger partial charge in [0.2, 0.25) is 0 Å². The van der Waals surface area contributed by atoms with Crippen LogP contribution >= 0.6 is 0 Å². The second-order valence-electron chi connectivity index (χ2n) is 10.8. The first-order chi connectivity index (χ1) is 17.1. The first-order valence-electron chi connectivity index (χ1n) is 12.8. The Morgan fingerprint density at radius 1 is 1.14 bits per heavy atom. The largest absolute Gasteiger partial charge is 0.462 e. The lowest BCUT2D eigenvalue weighted by molar-refractivity contribution is -0.181. The van der Waals surface area contributed by atoms with E-state index in [1.54, 1.807) is 25.2 Å². The molecule has 36 heavy (non-hydrogen) atoms. The number of hydrogen-bond donors (Lipinski definition) is 1. The number of hydrogen-bond acceptors (Lipinski definition) is 7. The maximum atomic E-state index is 12.8. The molecular formula is C29H38O7. The highest BCUT2D eigenvalue weighted by molar-refractivity contribution is 5.83. The van der Waals surface area contributed by atoms with Crippen molar-refractivity contribution in [3.63, 3.8) is 0 Å². The Labute approximate surface area is 213 Å². The van der Waals surface area contributed by atoms with Crippen LogP contribution in [-0.4, -0.2) is 60.8 Å². The molecule has 1 saturated carbocycles. The molecule has 2 unspecified atom stereocenters. The number of rotatable bonds is 1. The van der Waals surface area contributed by atoms with Gasteiger partial charge in [0.25, 0.3) is 0 Å². The molecule has 2 aliphatic heterocycles. The van der Waals surface area contributed by atoms with Crippen LogP contribution in [-0.2, 0) is 28.5 Å². The predicted octanol–water partition coefficient (Wildman–Crippen LogP) is 4.13. The Balaban J connectivity index is 1.70. The number of carbonyl (C=O) groups excluding carboxylic acids is 2. The van der Waals surface area contributed by atoms with Gasteiger partial charge in [-0.3, -0.25) is 0 Å². The van der Waals surface area contributed by atoms with E-state index in [1.165, 1.54) is 17.7 Å². The van der Waals surface area contributed by atoms with Gasteiger partial charge in [0.05, 0.1) is 24.9 Å². The maximum Gasteiger partial charge on any atom is 0.331 e. The molecule has 2 bridgehead atoms. The van der Waals surface area contributed by atoms with Crippen LogP contribution in [0.1, 0.15) is 53.4 Å². The van der Waals surface area contributed by atoms with Gasteiger partial charge in [0, 0.05) is 29.4 Å². The van der Waals surface area contributed by atoms with Gasteiger partial charge in [-0.15, -0.1) is 0 Å². The first-order valence-corrected chi connectivity index (χ1v) is 12.8. The zero-order valence-corrected chi connectivity index (χ0v) is 21.7. The fourth-order valence-electron chi connectivity index (χ4n) is 6.04. The zero-order chi connectivity index (χ0) is 26.1. The van der Waals surface area contributed by atoms with Crippen molar-refractivity contribution in [3.05, 3.63) is 59.8 Å². The number of fused-ring (bicyclic) bond motifs is 1. The lowest BCUT2D eigenvalue weighted by Gasteiger charge is -2.56. The third kappa shape index (κ3) is 4.89. The van der Waals surface area contributed by atoms with E-state index in [0.717, 1.165) is 24.0 Å². The molecule has 7 heteroatoms. The van der Waals surface area contributed by atoms with Gasteiger partial charge in [-0.2, -0.15) is 0 Å². The second-order valence-corrected chi connectivity index (χ2v) is 10.8. The van der Waals surface area contributed by atoms with Crippen molar-refractivity contribution in [1.82, 2.24) is 0 Å². The molecule has 0 aromatic carbocycles. The van der Waals surface area contributed by atoms with Gasteiger partial charge in [0.15, 0.2) is 0 Å². The quantitative estimate of drug-likeness (QED) is 0.429.